The Labute approximate surface area is 94.5 Å². The van der Waals surface area contributed by atoms with Crippen molar-refractivity contribution in [3.8, 4) is 0 Å². The first-order valence-corrected chi connectivity index (χ1v) is 5.99. The molecule has 0 fully saturated rings. The van der Waals surface area contributed by atoms with Crippen LogP contribution in [0.2, 0.25) is 0 Å². The van der Waals surface area contributed by atoms with Crippen LogP contribution in [0.4, 0.5) is 0 Å². The average molecular weight is 227 g/mol. The summed E-state index contributed by atoms with van der Waals surface area (Å²) >= 11 is 1.74. The van der Waals surface area contributed by atoms with Gasteiger partial charge in [0.25, 0.3) is 0 Å². The second-order valence-electron chi connectivity index (χ2n) is 3.28. The van der Waals surface area contributed by atoms with Crippen LogP contribution in [-0.2, 0) is 16.0 Å². The first kappa shape index (κ1) is 12.2. The zero-order chi connectivity index (χ0) is 10.9. The van der Waals surface area contributed by atoms with Gasteiger partial charge >= 0.3 is 0 Å². The third kappa shape index (κ3) is 5.54. The Bertz CT molecular complexity index is 272. The van der Waals surface area contributed by atoms with Gasteiger partial charge in [-0.25, -0.2) is 0 Å². The average Bonchev–Trinajstić information content (AvgIpc) is 2.71. The van der Waals surface area contributed by atoms with Crippen molar-refractivity contribution in [2.45, 2.75) is 19.3 Å². The monoisotopic (exact) mass is 227 g/mol. The highest BCUT2D eigenvalue weighted by Crippen LogP contribution is 2.11. The lowest BCUT2D eigenvalue weighted by Crippen LogP contribution is -2.26. The van der Waals surface area contributed by atoms with Crippen molar-refractivity contribution in [3.05, 3.63) is 22.4 Å². The van der Waals surface area contributed by atoms with E-state index in [-0.39, 0.29) is 5.91 Å². The van der Waals surface area contributed by atoms with Crippen molar-refractivity contribution < 1.29 is 9.53 Å². The maximum absolute atomic E-state index is 11.3. The number of rotatable bonds is 7. The largest absolute Gasteiger partial charge is 0.383 e. The van der Waals surface area contributed by atoms with Gasteiger partial charge < -0.3 is 10.1 Å². The van der Waals surface area contributed by atoms with Crippen LogP contribution >= 0.6 is 11.3 Å². The molecule has 1 heterocycles. The Kier molecular flexibility index (Phi) is 6.04. The van der Waals surface area contributed by atoms with Gasteiger partial charge in [-0.3, -0.25) is 4.79 Å². The molecule has 0 saturated heterocycles. The van der Waals surface area contributed by atoms with Crippen LogP contribution in [0.5, 0.6) is 0 Å². The molecule has 0 aliphatic heterocycles. The van der Waals surface area contributed by atoms with Gasteiger partial charge in [-0.1, -0.05) is 6.07 Å². The quantitative estimate of drug-likeness (QED) is 0.722. The molecule has 1 amide bonds. The summed E-state index contributed by atoms with van der Waals surface area (Å²) in [4.78, 5) is 12.6. The van der Waals surface area contributed by atoms with E-state index in [4.69, 9.17) is 4.74 Å². The van der Waals surface area contributed by atoms with Gasteiger partial charge in [0.1, 0.15) is 0 Å². The third-order valence-corrected chi connectivity index (χ3v) is 2.97. The number of aryl methyl sites for hydroxylation is 1. The molecule has 0 radical (unpaired) electrons. The van der Waals surface area contributed by atoms with Crippen LogP contribution in [0, 0.1) is 0 Å². The Balaban J connectivity index is 2.02. The van der Waals surface area contributed by atoms with Crippen LogP contribution in [0.15, 0.2) is 17.5 Å². The van der Waals surface area contributed by atoms with Crippen molar-refractivity contribution in [3.63, 3.8) is 0 Å². The molecule has 0 aliphatic carbocycles. The van der Waals surface area contributed by atoms with Gasteiger partial charge in [0.05, 0.1) is 6.61 Å². The normalized spacial score (nSPS) is 10.2. The highest BCUT2D eigenvalue weighted by molar-refractivity contribution is 7.09. The molecular weight excluding hydrogens is 210 g/mol. The molecule has 0 atom stereocenters. The van der Waals surface area contributed by atoms with Crippen LogP contribution in [-0.4, -0.2) is 26.2 Å². The molecule has 1 aromatic rings. The van der Waals surface area contributed by atoms with Crippen LogP contribution in [0.3, 0.4) is 0 Å². The van der Waals surface area contributed by atoms with Crippen molar-refractivity contribution in [1.82, 2.24) is 5.32 Å². The maximum Gasteiger partial charge on any atom is 0.220 e. The SMILES string of the molecule is COCCNC(=O)CCCc1cccs1. The van der Waals surface area contributed by atoms with Gasteiger partial charge in [-0.05, 0) is 24.3 Å². The molecule has 0 unspecified atom stereocenters. The second-order valence-corrected chi connectivity index (χ2v) is 4.31. The van der Waals surface area contributed by atoms with Crippen LogP contribution in [0.25, 0.3) is 0 Å². The van der Waals surface area contributed by atoms with Gasteiger partial charge in [0.15, 0.2) is 0 Å². The number of amides is 1. The summed E-state index contributed by atoms with van der Waals surface area (Å²) in [6.45, 7) is 1.19. The van der Waals surface area contributed by atoms with E-state index in [0.29, 0.717) is 19.6 Å². The fourth-order valence-electron chi connectivity index (χ4n) is 1.26. The zero-order valence-electron chi connectivity index (χ0n) is 8.99. The lowest BCUT2D eigenvalue weighted by Gasteiger charge is -2.03. The van der Waals surface area contributed by atoms with E-state index in [1.807, 2.05) is 6.07 Å². The van der Waals surface area contributed by atoms with Gasteiger partial charge in [-0.2, -0.15) is 0 Å². The van der Waals surface area contributed by atoms with Crippen molar-refractivity contribution >= 4 is 17.2 Å². The number of hydrogen-bond acceptors (Lipinski definition) is 3. The van der Waals surface area contributed by atoms with Crippen molar-refractivity contribution in [2.75, 3.05) is 20.3 Å². The summed E-state index contributed by atoms with van der Waals surface area (Å²) in [5.41, 5.74) is 0. The van der Waals surface area contributed by atoms with Crippen molar-refractivity contribution in [2.24, 2.45) is 0 Å². The first-order valence-electron chi connectivity index (χ1n) is 5.11. The summed E-state index contributed by atoms with van der Waals surface area (Å²) in [7, 11) is 1.63. The summed E-state index contributed by atoms with van der Waals surface area (Å²) < 4.78 is 4.84. The minimum Gasteiger partial charge on any atom is -0.383 e. The molecular formula is C11H17NO2S. The molecule has 1 N–H and O–H groups in total. The van der Waals surface area contributed by atoms with Crippen molar-refractivity contribution in [1.29, 1.82) is 0 Å². The maximum atomic E-state index is 11.3. The number of methoxy groups -OCH3 is 1. The fraction of sp³-hybridized carbons (Fsp3) is 0.545. The predicted octanol–water partition coefficient (Wildman–Crippen LogP) is 1.83. The van der Waals surface area contributed by atoms with Gasteiger partial charge in [0.2, 0.25) is 5.91 Å². The Morgan fingerprint density at radius 2 is 2.47 bits per heavy atom. The molecule has 1 rings (SSSR count). The topological polar surface area (TPSA) is 38.3 Å². The minimum absolute atomic E-state index is 0.114. The third-order valence-electron chi connectivity index (χ3n) is 2.04. The minimum atomic E-state index is 0.114. The number of carbonyl (C=O) groups is 1. The lowest BCUT2D eigenvalue weighted by molar-refractivity contribution is -0.121. The summed E-state index contributed by atoms with van der Waals surface area (Å²) in [5, 5.41) is 4.87. The summed E-state index contributed by atoms with van der Waals surface area (Å²) in [6, 6.07) is 4.14. The highest BCUT2D eigenvalue weighted by atomic mass is 32.1. The number of carbonyl (C=O) groups excluding carboxylic acids is 1. The zero-order valence-corrected chi connectivity index (χ0v) is 9.81. The van der Waals surface area contributed by atoms with E-state index >= 15 is 0 Å². The van der Waals surface area contributed by atoms with E-state index in [0.717, 1.165) is 12.8 Å². The highest BCUT2D eigenvalue weighted by Gasteiger charge is 2.00. The molecule has 0 bridgehead atoms. The van der Waals surface area contributed by atoms with Crippen LogP contribution in [0.1, 0.15) is 17.7 Å². The molecule has 0 saturated carbocycles. The van der Waals surface area contributed by atoms with Gasteiger partial charge in [-0.15, -0.1) is 11.3 Å². The first-order chi connectivity index (χ1) is 7.33. The number of nitrogens with one attached hydrogen (secondary N) is 1. The van der Waals surface area contributed by atoms with Crippen LogP contribution < -0.4 is 5.32 Å². The van der Waals surface area contributed by atoms with E-state index < -0.39 is 0 Å². The summed E-state index contributed by atoms with van der Waals surface area (Å²) in [6.07, 6.45) is 2.51. The smallest absolute Gasteiger partial charge is 0.220 e. The Morgan fingerprint density at radius 1 is 1.60 bits per heavy atom. The second kappa shape index (κ2) is 7.43. The fourth-order valence-corrected chi connectivity index (χ4v) is 2.01. The van der Waals surface area contributed by atoms with E-state index in [2.05, 4.69) is 16.8 Å². The standard InChI is InChI=1S/C11H17NO2S/c1-14-8-7-12-11(13)6-2-4-10-5-3-9-15-10/h3,5,9H,2,4,6-8H2,1H3,(H,12,13). The number of ether oxygens (including phenoxy) is 1. The molecule has 4 heteroatoms. The molecule has 0 spiro atoms. The van der Waals surface area contributed by atoms with E-state index in [9.17, 15) is 4.79 Å². The lowest BCUT2D eigenvalue weighted by atomic mass is 10.2. The summed E-state index contributed by atoms with van der Waals surface area (Å²) in [5.74, 6) is 0.114. The van der Waals surface area contributed by atoms with Gasteiger partial charge in [0, 0.05) is 25.0 Å². The number of thiophene rings is 1. The molecule has 3 nitrogen and oxygen atoms in total. The molecule has 1 aromatic heterocycles. The Hall–Kier alpha value is -0.870. The molecule has 84 valence electrons. The van der Waals surface area contributed by atoms with E-state index in [1.54, 1.807) is 18.4 Å². The predicted molar refractivity (Wildman–Crippen MR) is 62.1 cm³/mol. The van der Waals surface area contributed by atoms with E-state index in [1.165, 1.54) is 4.88 Å². The molecule has 0 aliphatic rings. The molecule has 15 heavy (non-hydrogen) atoms. The number of hydrogen-bond donors (Lipinski definition) is 1. The molecule has 0 aromatic carbocycles. The Morgan fingerprint density at radius 3 is 3.13 bits per heavy atom.